The summed E-state index contributed by atoms with van der Waals surface area (Å²) in [4.78, 5) is 36.5. The lowest BCUT2D eigenvalue weighted by atomic mass is 10.1. The molecule has 30 heavy (non-hydrogen) atoms. The number of benzene rings is 1. The maximum absolute atomic E-state index is 12.6. The first-order valence-electron chi connectivity index (χ1n) is 9.43. The number of carbonyl (C=O) groups is 1. The van der Waals surface area contributed by atoms with Crippen molar-refractivity contribution in [1.82, 2.24) is 14.9 Å². The lowest BCUT2D eigenvalue weighted by molar-refractivity contribution is 0.0601. The molecule has 0 aliphatic rings. The van der Waals surface area contributed by atoms with Crippen LogP contribution in [0.25, 0.3) is 10.9 Å². The Hall–Kier alpha value is -3.23. The molecular weight excluding hydrogens is 402 g/mol. The van der Waals surface area contributed by atoms with Gasteiger partial charge in [-0.15, -0.1) is 11.3 Å². The minimum atomic E-state index is -0.465. The molecular formula is C22H21N3O4S. The van der Waals surface area contributed by atoms with E-state index < -0.39 is 5.97 Å². The summed E-state index contributed by atoms with van der Waals surface area (Å²) in [5.74, 6) is 0.891. The van der Waals surface area contributed by atoms with Gasteiger partial charge in [-0.2, -0.15) is 0 Å². The predicted molar refractivity (Wildman–Crippen MR) is 114 cm³/mol. The van der Waals surface area contributed by atoms with E-state index in [4.69, 9.17) is 9.15 Å². The minimum absolute atomic E-state index is 0.240. The molecule has 3 heterocycles. The standard InChI is InChI=1S/C22H21N3O4S/c1-14-5-7-17(30-14)12-25(11-16-4-3-9-29-16)13-20-23-19-10-15(22(27)28-2)6-8-18(19)21(26)24-20/h3-10H,11-13H2,1-2H3,(H,23,24,26). The summed E-state index contributed by atoms with van der Waals surface area (Å²) < 4.78 is 10.3. The van der Waals surface area contributed by atoms with Gasteiger partial charge >= 0.3 is 5.97 Å². The van der Waals surface area contributed by atoms with E-state index in [1.54, 1.807) is 35.8 Å². The molecule has 0 unspecified atom stereocenters. The third kappa shape index (κ3) is 4.50. The van der Waals surface area contributed by atoms with Crippen molar-refractivity contribution in [2.24, 2.45) is 0 Å². The normalized spacial score (nSPS) is 11.3. The van der Waals surface area contributed by atoms with Crippen molar-refractivity contribution in [3.05, 3.63) is 86.0 Å². The molecule has 0 saturated carbocycles. The number of aryl methyl sites for hydroxylation is 1. The number of H-pyrrole nitrogens is 1. The monoisotopic (exact) mass is 423 g/mol. The second-order valence-electron chi connectivity index (χ2n) is 6.97. The zero-order valence-electron chi connectivity index (χ0n) is 16.7. The smallest absolute Gasteiger partial charge is 0.337 e. The largest absolute Gasteiger partial charge is 0.468 e. The van der Waals surface area contributed by atoms with Crippen LogP contribution in [-0.4, -0.2) is 27.9 Å². The number of ether oxygens (including phenoxy) is 1. The summed E-state index contributed by atoms with van der Waals surface area (Å²) in [5, 5.41) is 0.429. The zero-order chi connectivity index (χ0) is 21.1. The van der Waals surface area contributed by atoms with Crippen LogP contribution < -0.4 is 5.56 Å². The number of aromatic nitrogens is 2. The fourth-order valence-corrected chi connectivity index (χ4v) is 4.23. The third-order valence-corrected chi connectivity index (χ3v) is 5.67. The maximum Gasteiger partial charge on any atom is 0.337 e. The quantitative estimate of drug-likeness (QED) is 0.454. The summed E-state index contributed by atoms with van der Waals surface area (Å²) in [6.45, 7) is 3.77. The van der Waals surface area contributed by atoms with Gasteiger partial charge < -0.3 is 14.1 Å². The number of methoxy groups -OCH3 is 1. The van der Waals surface area contributed by atoms with Crippen molar-refractivity contribution >= 4 is 28.2 Å². The first-order chi connectivity index (χ1) is 14.5. The van der Waals surface area contributed by atoms with E-state index in [1.165, 1.54) is 16.9 Å². The number of hydrogen-bond acceptors (Lipinski definition) is 7. The molecule has 0 spiro atoms. The van der Waals surface area contributed by atoms with Crippen LogP contribution in [0.4, 0.5) is 0 Å². The molecule has 0 aliphatic carbocycles. The summed E-state index contributed by atoms with van der Waals surface area (Å²) >= 11 is 1.74. The van der Waals surface area contributed by atoms with Gasteiger partial charge in [0, 0.05) is 16.3 Å². The Balaban J connectivity index is 1.65. The Kier molecular flexibility index (Phi) is 5.78. The van der Waals surface area contributed by atoms with E-state index in [1.807, 2.05) is 12.1 Å². The molecule has 0 fully saturated rings. The molecule has 4 rings (SSSR count). The number of esters is 1. The van der Waals surface area contributed by atoms with Crippen molar-refractivity contribution in [1.29, 1.82) is 0 Å². The highest BCUT2D eigenvalue weighted by molar-refractivity contribution is 7.11. The van der Waals surface area contributed by atoms with E-state index in [0.717, 1.165) is 5.76 Å². The molecule has 0 aliphatic heterocycles. The topological polar surface area (TPSA) is 88.4 Å². The first-order valence-corrected chi connectivity index (χ1v) is 10.2. The molecule has 0 atom stereocenters. The molecule has 1 aromatic carbocycles. The van der Waals surface area contributed by atoms with Crippen molar-refractivity contribution in [3.63, 3.8) is 0 Å². The number of furan rings is 1. The second-order valence-corrected chi connectivity index (χ2v) is 8.35. The molecule has 4 aromatic rings. The number of hydrogen-bond donors (Lipinski definition) is 1. The summed E-state index contributed by atoms with van der Waals surface area (Å²) in [6, 6.07) is 12.7. The predicted octanol–water partition coefficient (Wildman–Crippen LogP) is 3.88. The Morgan fingerprint density at radius 1 is 1.20 bits per heavy atom. The Morgan fingerprint density at radius 2 is 2.07 bits per heavy atom. The van der Waals surface area contributed by atoms with Crippen molar-refractivity contribution < 1.29 is 13.9 Å². The maximum atomic E-state index is 12.6. The number of aromatic amines is 1. The fraction of sp³-hybridized carbons (Fsp3) is 0.227. The van der Waals surface area contributed by atoms with Crippen molar-refractivity contribution in [2.45, 2.75) is 26.6 Å². The molecule has 0 saturated heterocycles. The Morgan fingerprint density at radius 3 is 2.77 bits per heavy atom. The van der Waals surface area contributed by atoms with Gasteiger partial charge in [0.2, 0.25) is 0 Å². The second kappa shape index (κ2) is 8.64. The van der Waals surface area contributed by atoms with Gasteiger partial charge in [0.25, 0.3) is 5.56 Å². The first kappa shape index (κ1) is 20.1. The van der Waals surface area contributed by atoms with E-state index in [2.05, 4.69) is 33.9 Å². The van der Waals surface area contributed by atoms with Crippen LogP contribution in [0.1, 0.15) is 31.7 Å². The SMILES string of the molecule is COC(=O)c1ccc2c(=O)[nH]c(CN(Cc3ccco3)Cc3ccc(C)s3)nc2c1. The number of rotatable bonds is 7. The van der Waals surface area contributed by atoms with Crippen molar-refractivity contribution in [2.75, 3.05) is 7.11 Å². The van der Waals surface area contributed by atoms with E-state index in [9.17, 15) is 9.59 Å². The van der Waals surface area contributed by atoms with Gasteiger partial charge in [-0.25, -0.2) is 9.78 Å². The Labute approximate surface area is 176 Å². The van der Waals surface area contributed by atoms with Gasteiger partial charge in [0.05, 0.1) is 42.9 Å². The van der Waals surface area contributed by atoms with E-state index in [-0.39, 0.29) is 5.56 Å². The molecule has 0 amide bonds. The van der Waals surface area contributed by atoms with Crippen LogP contribution in [0.3, 0.4) is 0 Å². The number of thiophene rings is 1. The Bertz CT molecular complexity index is 1230. The number of nitrogens with one attached hydrogen (secondary N) is 1. The van der Waals surface area contributed by atoms with Crippen LogP contribution in [-0.2, 0) is 24.4 Å². The third-order valence-electron chi connectivity index (χ3n) is 4.69. The number of fused-ring (bicyclic) bond motifs is 1. The number of carbonyl (C=O) groups excluding carboxylic acids is 1. The van der Waals surface area contributed by atoms with E-state index in [0.29, 0.717) is 41.9 Å². The number of nitrogens with zero attached hydrogens (tertiary/aromatic N) is 2. The highest BCUT2D eigenvalue weighted by Gasteiger charge is 2.15. The molecule has 3 aromatic heterocycles. The van der Waals surface area contributed by atoms with Crippen LogP contribution in [0.15, 0.2) is 57.9 Å². The molecule has 1 N–H and O–H groups in total. The van der Waals surface area contributed by atoms with Crippen LogP contribution in [0.5, 0.6) is 0 Å². The highest BCUT2D eigenvalue weighted by atomic mass is 32.1. The lowest BCUT2D eigenvalue weighted by Crippen LogP contribution is -2.25. The van der Waals surface area contributed by atoms with Gasteiger partial charge in [-0.05, 0) is 49.4 Å². The molecule has 0 bridgehead atoms. The summed E-state index contributed by atoms with van der Waals surface area (Å²) in [6.07, 6.45) is 1.65. The lowest BCUT2D eigenvalue weighted by Gasteiger charge is -2.20. The highest BCUT2D eigenvalue weighted by Crippen LogP contribution is 2.20. The van der Waals surface area contributed by atoms with Crippen LogP contribution in [0, 0.1) is 6.92 Å². The van der Waals surface area contributed by atoms with Crippen LogP contribution in [0.2, 0.25) is 0 Å². The van der Waals surface area contributed by atoms with Gasteiger partial charge in [-0.1, -0.05) is 0 Å². The molecule has 7 nitrogen and oxygen atoms in total. The zero-order valence-corrected chi connectivity index (χ0v) is 17.5. The van der Waals surface area contributed by atoms with Crippen molar-refractivity contribution in [3.8, 4) is 0 Å². The average molecular weight is 423 g/mol. The summed E-state index contributed by atoms with van der Waals surface area (Å²) in [7, 11) is 1.32. The van der Waals surface area contributed by atoms with Gasteiger partial charge in [-0.3, -0.25) is 9.69 Å². The minimum Gasteiger partial charge on any atom is -0.468 e. The molecule has 8 heteroatoms. The van der Waals surface area contributed by atoms with Crippen LogP contribution >= 0.6 is 11.3 Å². The molecule has 0 radical (unpaired) electrons. The fourth-order valence-electron chi connectivity index (χ4n) is 3.30. The van der Waals surface area contributed by atoms with Gasteiger partial charge in [0.15, 0.2) is 0 Å². The van der Waals surface area contributed by atoms with Gasteiger partial charge in [0.1, 0.15) is 11.6 Å². The average Bonchev–Trinajstić information content (AvgIpc) is 3.38. The van der Waals surface area contributed by atoms with E-state index >= 15 is 0 Å². The molecule has 154 valence electrons. The summed E-state index contributed by atoms with van der Waals surface area (Å²) in [5.41, 5.74) is 0.577.